The number of carbonyl (C=O) groups excluding carboxylic acids is 1. The maximum Gasteiger partial charge on any atom is 0.281 e. The minimum Gasteiger partial charge on any atom is -0.432 e. The Morgan fingerprint density at radius 3 is 2.52 bits per heavy atom. The minimum atomic E-state index is -0.382. The Kier molecular flexibility index (Phi) is 4.62. The summed E-state index contributed by atoms with van der Waals surface area (Å²) in [6, 6.07) is 7.92. The van der Waals surface area contributed by atoms with Crippen molar-refractivity contribution in [1.82, 2.24) is 9.78 Å². The van der Waals surface area contributed by atoms with Crippen LogP contribution in [0.5, 0.6) is 5.75 Å². The molecule has 1 aromatic carbocycles. The van der Waals surface area contributed by atoms with E-state index in [1.807, 2.05) is 49.9 Å². The topological polar surface area (TPSA) is 67.3 Å². The van der Waals surface area contributed by atoms with E-state index in [9.17, 15) is 9.59 Å². The first-order chi connectivity index (χ1) is 12.6. The normalized spacial score (nSPS) is 13.4. The highest BCUT2D eigenvalue weighted by Crippen LogP contribution is 2.39. The van der Waals surface area contributed by atoms with Crippen LogP contribution in [0.15, 0.2) is 40.7 Å². The number of H-pyrrole nitrogens is 1. The van der Waals surface area contributed by atoms with Gasteiger partial charge in [0.05, 0.1) is 16.9 Å². The van der Waals surface area contributed by atoms with Crippen LogP contribution in [0, 0.1) is 0 Å². The van der Waals surface area contributed by atoms with Gasteiger partial charge in [-0.2, -0.15) is 4.68 Å². The number of aromatic nitrogens is 2. The van der Waals surface area contributed by atoms with Crippen LogP contribution < -0.4 is 15.2 Å². The Hall–Kier alpha value is -2.98. The number of carbonyl (C=O) groups is 1. The molecule has 6 heteroatoms. The third kappa shape index (κ3) is 3.36. The Bertz CT molecular complexity index is 1010. The van der Waals surface area contributed by atoms with Crippen molar-refractivity contribution in [3.63, 3.8) is 0 Å². The summed E-state index contributed by atoms with van der Waals surface area (Å²) in [5, 5.41) is 2.94. The number of fused-ring (bicyclic) bond motifs is 1. The lowest BCUT2D eigenvalue weighted by Crippen LogP contribution is -2.27. The van der Waals surface area contributed by atoms with Crippen molar-refractivity contribution in [2.45, 2.75) is 53.0 Å². The van der Waals surface area contributed by atoms with Gasteiger partial charge < -0.3 is 4.74 Å². The van der Waals surface area contributed by atoms with E-state index in [1.54, 1.807) is 6.08 Å². The van der Waals surface area contributed by atoms with E-state index in [4.69, 9.17) is 4.74 Å². The molecule has 0 bridgehead atoms. The van der Waals surface area contributed by atoms with Gasteiger partial charge in [0, 0.05) is 24.5 Å². The van der Waals surface area contributed by atoms with Crippen molar-refractivity contribution in [1.29, 1.82) is 0 Å². The molecule has 27 heavy (non-hydrogen) atoms. The van der Waals surface area contributed by atoms with Gasteiger partial charge in [-0.1, -0.05) is 38.6 Å². The molecule has 6 nitrogen and oxygen atoms in total. The van der Waals surface area contributed by atoms with Gasteiger partial charge in [0.15, 0.2) is 5.75 Å². The molecule has 1 aliphatic rings. The fourth-order valence-electron chi connectivity index (χ4n) is 3.13. The summed E-state index contributed by atoms with van der Waals surface area (Å²) in [6.07, 6.45) is 1.61. The Balaban J connectivity index is 2.16. The highest BCUT2D eigenvalue weighted by Gasteiger charge is 2.28. The quantitative estimate of drug-likeness (QED) is 0.818. The van der Waals surface area contributed by atoms with Gasteiger partial charge >= 0.3 is 0 Å². The van der Waals surface area contributed by atoms with Crippen molar-refractivity contribution in [2.75, 3.05) is 4.90 Å². The minimum absolute atomic E-state index is 0.159. The van der Waals surface area contributed by atoms with E-state index in [1.165, 1.54) is 6.92 Å². The van der Waals surface area contributed by atoms with Crippen LogP contribution in [0.3, 0.4) is 0 Å². The number of benzene rings is 1. The zero-order chi connectivity index (χ0) is 19.9. The Labute approximate surface area is 158 Å². The fraction of sp³-hybridized carbons (Fsp3) is 0.381. The molecule has 0 unspecified atom stereocenters. The lowest BCUT2D eigenvalue weighted by Gasteiger charge is -2.21. The third-order valence-corrected chi connectivity index (χ3v) is 4.40. The number of nitrogens with zero attached hydrogens (tertiary/aromatic N) is 2. The van der Waals surface area contributed by atoms with Gasteiger partial charge in [0.2, 0.25) is 11.8 Å². The maximum atomic E-state index is 12.7. The summed E-state index contributed by atoms with van der Waals surface area (Å²) < 4.78 is 6.97. The Morgan fingerprint density at radius 1 is 1.26 bits per heavy atom. The molecule has 0 spiro atoms. The van der Waals surface area contributed by atoms with Crippen molar-refractivity contribution >= 4 is 17.7 Å². The van der Waals surface area contributed by atoms with Gasteiger partial charge in [-0.15, -0.1) is 0 Å². The van der Waals surface area contributed by atoms with Crippen molar-refractivity contribution in [2.24, 2.45) is 0 Å². The average Bonchev–Trinajstić information content (AvgIpc) is 3.10. The molecule has 2 heterocycles. The molecule has 2 aromatic rings. The lowest BCUT2D eigenvalue weighted by molar-refractivity contribution is 0.0916. The molecule has 0 atom stereocenters. The Morgan fingerprint density at radius 2 is 1.93 bits per heavy atom. The second-order valence-electron chi connectivity index (χ2n) is 7.94. The standard InChI is InChI=1S/C21H25N3O3/c1-13(2)23-16-9-7-8-10-17(16)27-18(23)12-11-15-19(21(4,5)6)22-24(14(3)25)20(15)26/h7-11,13,22H,1-6H3. The molecule has 1 N–H and O–H groups in total. The van der Waals surface area contributed by atoms with Gasteiger partial charge in [0.1, 0.15) is 0 Å². The molecule has 142 valence electrons. The highest BCUT2D eigenvalue weighted by molar-refractivity contribution is 5.76. The second kappa shape index (κ2) is 6.63. The largest absolute Gasteiger partial charge is 0.432 e. The molecule has 0 saturated heterocycles. The van der Waals surface area contributed by atoms with Crippen molar-refractivity contribution in [3.05, 3.63) is 57.5 Å². The summed E-state index contributed by atoms with van der Waals surface area (Å²) in [4.78, 5) is 26.5. The van der Waals surface area contributed by atoms with Crippen LogP contribution in [0.25, 0.3) is 6.08 Å². The molecule has 0 saturated carbocycles. The maximum absolute atomic E-state index is 12.7. The van der Waals surface area contributed by atoms with Gasteiger partial charge in [-0.25, -0.2) is 0 Å². The molecule has 0 amide bonds. The molecule has 0 radical (unpaired) electrons. The van der Waals surface area contributed by atoms with Gasteiger partial charge in [-0.05, 0) is 26.0 Å². The van der Waals surface area contributed by atoms with E-state index in [0.717, 1.165) is 16.1 Å². The van der Waals surface area contributed by atoms with Crippen molar-refractivity contribution < 1.29 is 9.53 Å². The zero-order valence-corrected chi connectivity index (χ0v) is 16.6. The molecule has 1 aliphatic heterocycles. The summed E-state index contributed by atoms with van der Waals surface area (Å²) in [6.45, 7) is 11.4. The number of anilines is 1. The summed E-state index contributed by atoms with van der Waals surface area (Å²) in [7, 11) is 0. The van der Waals surface area contributed by atoms with Gasteiger partial charge in [0.25, 0.3) is 5.56 Å². The number of hydrogen-bond donors (Lipinski definition) is 1. The second-order valence-corrected chi connectivity index (χ2v) is 7.94. The molecule has 1 aromatic heterocycles. The molecular formula is C21H25N3O3. The first-order valence-corrected chi connectivity index (χ1v) is 9.00. The highest BCUT2D eigenvalue weighted by atomic mass is 16.5. The number of nitrogens with one attached hydrogen (secondary N) is 1. The summed E-state index contributed by atoms with van der Waals surface area (Å²) >= 11 is 0. The number of rotatable bonds is 2. The first-order valence-electron chi connectivity index (χ1n) is 9.00. The van der Waals surface area contributed by atoms with E-state index in [-0.39, 0.29) is 22.9 Å². The van der Waals surface area contributed by atoms with E-state index >= 15 is 0 Å². The monoisotopic (exact) mass is 367 g/mol. The van der Waals surface area contributed by atoms with Crippen LogP contribution in [0.4, 0.5) is 5.69 Å². The SMILES string of the molecule is CC(=O)n1[nH]c(C(C)(C)C)c(C=C=C2Oc3ccccc3N2C(C)C)c1=O. The van der Waals surface area contributed by atoms with E-state index in [2.05, 4.69) is 24.7 Å². The lowest BCUT2D eigenvalue weighted by atomic mass is 9.89. The molecule has 0 fully saturated rings. The smallest absolute Gasteiger partial charge is 0.281 e. The average molecular weight is 367 g/mol. The fourth-order valence-corrected chi connectivity index (χ4v) is 3.13. The van der Waals surface area contributed by atoms with Crippen LogP contribution in [-0.2, 0) is 5.41 Å². The zero-order valence-electron chi connectivity index (χ0n) is 16.6. The number of ether oxygens (including phenoxy) is 1. The molecule has 3 rings (SSSR count). The molecular weight excluding hydrogens is 342 g/mol. The van der Waals surface area contributed by atoms with Crippen LogP contribution in [0.2, 0.25) is 0 Å². The van der Waals surface area contributed by atoms with Crippen molar-refractivity contribution in [3.8, 4) is 5.75 Å². The number of aromatic amines is 1. The first kappa shape index (κ1) is 18.8. The summed E-state index contributed by atoms with van der Waals surface area (Å²) in [5.74, 6) is 0.931. The van der Waals surface area contributed by atoms with Gasteiger partial charge in [-0.3, -0.25) is 19.6 Å². The van der Waals surface area contributed by atoms with E-state index < -0.39 is 0 Å². The van der Waals surface area contributed by atoms with Crippen LogP contribution in [0.1, 0.15) is 57.6 Å². The van der Waals surface area contributed by atoms with Crippen LogP contribution >= 0.6 is 0 Å². The van der Waals surface area contributed by atoms with Crippen LogP contribution in [-0.4, -0.2) is 21.7 Å². The molecule has 0 aliphatic carbocycles. The number of hydrogen-bond acceptors (Lipinski definition) is 4. The van der Waals surface area contributed by atoms with E-state index in [0.29, 0.717) is 17.1 Å². The summed E-state index contributed by atoms with van der Waals surface area (Å²) in [5.41, 5.74) is 4.47. The third-order valence-electron chi connectivity index (χ3n) is 4.40. The predicted octanol–water partition coefficient (Wildman–Crippen LogP) is 3.89. The number of para-hydroxylation sites is 2. The predicted molar refractivity (Wildman–Crippen MR) is 106 cm³/mol.